The quantitative estimate of drug-likeness (QED) is 0.629. The highest BCUT2D eigenvalue weighted by molar-refractivity contribution is 7.89. The fourth-order valence-corrected chi connectivity index (χ4v) is 5.24. The van der Waals surface area contributed by atoms with Crippen LogP contribution in [0.5, 0.6) is 0 Å². The molecule has 0 bridgehead atoms. The molecule has 1 amide bonds. The molecule has 1 aliphatic heterocycles. The summed E-state index contributed by atoms with van der Waals surface area (Å²) in [4.78, 5) is 16.9. The van der Waals surface area contributed by atoms with Crippen molar-refractivity contribution in [1.82, 2.24) is 9.21 Å². The van der Waals surface area contributed by atoms with Gasteiger partial charge < -0.3 is 9.80 Å². The van der Waals surface area contributed by atoms with E-state index in [1.54, 1.807) is 4.31 Å². The van der Waals surface area contributed by atoms with Crippen LogP contribution in [-0.2, 0) is 21.4 Å². The number of hydrogen-bond donors (Lipinski definition) is 0. The molecule has 1 heterocycles. The minimum atomic E-state index is -3.18. The summed E-state index contributed by atoms with van der Waals surface area (Å²) in [5, 5.41) is 0. The number of hydrogen-bond acceptors (Lipinski definition) is 4. The van der Waals surface area contributed by atoms with Crippen LogP contribution in [0.4, 0.5) is 5.69 Å². The molecule has 0 radical (unpaired) electrons. The van der Waals surface area contributed by atoms with Gasteiger partial charge in [-0.25, -0.2) is 12.7 Å². The van der Waals surface area contributed by atoms with E-state index in [0.29, 0.717) is 45.4 Å². The Labute approximate surface area is 170 Å². The highest BCUT2D eigenvalue weighted by atomic mass is 32.2. The summed E-state index contributed by atoms with van der Waals surface area (Å²) in [7, 11) is 0.836. The highest BCUT2D eigenvalue weighted by Gasteiger charge is 2.32. The summed E-state index contributed by atoms with van der Waals surface area (Å²) in [6.07, 6.45) is 2.78. The minimum absolute atomic E-state index is 0.0846. The Balaban J connectivity index is 1.93. The van der Waals surface area contributed by atoms with Gasteiger partial charge in [0.1, 0.15) is 0 Å². The molecule has 0 saturated carbocycles. The van der Waals surface area contributed by atoms with E-state index in [-0.39, 0.29) is 17.6 Å². The summed E-state index contributed by atoms with van der Waals surface area (Å²) >= 11 is 0. The average Bonchev–Trinajstić information content (AvgIpc) is 2.70. The van der Waals surface area contributed by atoms with E-state index in [2.05, 4.69) is 29.2 Å². The molecule has 0 aromatic heterocycles. The first kappa shape index (κ1) is 22.7. The van der Waals surface area contributed by atoms with Crippen LogP contribution in [0, 0.1) is 5.92 Å². The van der Waals surface area contributed by atoms with Gasteiger partial charge in [-0.15, -0.1) is 0 Å². The zero-order chi connectivity index (χ0) is 20.7. The first-order chi connectivity index (χ1) is 13.3. The van der Waals surface area contributed by atoms with E-state index >= 15 is 0 Å². The molecule has 1 aromatic carbocycles. The molecular weight excluding hydrogens is 374 g/mol. The second-order valence-electron chi connectivity index (χ2n) is 7.76. The van der Waals surface area contributed by atoms with Gasteiger partial charge in [-0.1, -0.05) is 25.5 Å². The highest BCUT2D eigenvalue weighted by Crippen LogP contribution is 2.23. The van der Waals surface area contributed by atoms with Crippen LogP contribution in [-0.4, -0.2) is 63.0 Å². The Bertz CT molecular complexity index is 724. The lowest BCUT2D eigenvalue weighted by atomic mass is 9.96. The maximum absolute atomic E-state index is 13.0. The molecule has 1 fully saturated rings. The van der Waals surface area contributed by atoms with Crippen molar-refractivity contribution in [2.45, 2.75) is 46.1 Å². The fraction of sp³-hybridized carbons (Fsp3) is 0.667. The van der Waals surface area contributed by atoms with Crippen LogP contribution in [0.25, 0.3) is 0 Å². The number of sulfonamides is 1. The maximum Gasteiger partial charge on any atom is 0.226 e. The van der Waals surface area contributed by atoms with Crippen molar-refractivity contribution >= 4 is 21.6 Å². The zero-order valence-electron chi connectivity index (χ0n) is 17.7. The first-order valence-electron chi connectivity index (χ1n) is 10.3. The van der Waals surface area contributed by atoms with Crippen LogP contribution in [0.2, 0.25) is 0 Å². The van der Waals surface area contributed by atoms with Crippen molar-refractivity contribution in [1.29, 1.82) is 0 Å². The number of rotatable bonds is 9. The number of anilines is 1. The third-order valence-electron chi connectivity index (χ3n) is 5.47. The number of amides is 1. The van der Waals surface area contributed by atoms with Crippen molar-refractivity contribution in [2.24, 2.45) is 5.92 Å². The number of carbonyl (C=O) groups is 1. The Hall–Kier alpha value is -1.60. The molecule has 1 aliphatic rings. The third kappa shape index (κ3) is 5.95. The summed E-state index contributed by atoms with van der Waals surface area (Å²) < 4.78 is 26.3. The largest absolute Gasteiger partial charge is 0.378 e. The van der Waals surface area contributed by atoms with Gasteiger partial charge in [0.05, 0.1) is 5.75 Å². The SMILES string of the molecule is CCCCS(=O)(=O)N1CCC(C(=O)N(CC)Cc2ccc(N(C)C)cc2)CC1. The lowest BCUT2D eigenvalue weighted by Crippen LogP contribution is -2.44. The smallest absolute Gasteiger partial charge is 0.226 e. The molecule has 7 heteroatoms. The van der Waals surface area contributed by atoms with Crippen molar-refractivity contribution in [2.75, 3.05) is 44.4 Å². The van der Waals surface area contributed by atoms with E-state index in [4.69, 9.17) is 0 Å². The summed E-state index contributed by atoms with van der Waals surface area (Å²) in [6.45, 7) is 6.15. The Morgan fingerprint density at radius 3 is 2.21 bits per heavy atom. The Morgan fingerprint density at radius 1 is 1.11 bits per heavy atom. The Kier molecular flexibility index (Phi) is 8.31. The van der Waals surface area contributed by atoms with Crippen LogP contribution in [0.1, 0.15) is 45.1 Å². The van der Waals surface area contributed by atoms with Gasteiger partial charge in [-0.05, 0) is 43.9 Å². The molecule has 28 heavy (non-hydrogen) atoms. The molecule has 1 aromatic rings. The van der Waals surface area contributed by atoms with Crippen LogP contribution in [0.3, 0.4) is 0 Å². The molecule has 6 nitrogen and oxygen atoms in total. The van der Waals surface area contributed by atoms with E-state index in [1.165, 1.54) is 0 Å². The predicted molar refractivity (Wildman–Crippen MR) is 115 cm³/mol. The van der Waals surface area contributed by atoms with Crippen LogP contribution in [0.15, 0.2) is 24.3 Å². The molecule has 158 valence electrons. The molecular formula is C21H35N3O3S. The van der Waals surface area contributed by atoms with E-state index in [9.17, 15) is 13.2 Å². The molecule has 0 N–H and O–H groups in total. The predicted octanol–water partition coefficient (Wildman–Crippen LogP) is 2.94. The van der Waals surface area contributed by atoms with Crippen molar-refractivity contribution in [3.05, 3.63) is 29.8 Å². The van der Waals surface area contributed by atoms with E-state index < -0.39 is 10.0 Å². The third-order valence-corrected chi connectivity index (χ3v) is 7.43. The summed E-state index contributed by atoms with van der Waals surface area (Å²) in [5.74, 6) is 0.273. The molecule has 0 atom stereocenters. The summed E-state index contributed by atoms with van der Waals surface area (Å²) in [5.41, 5.74) is 2.25. The van der Waals surface area contributed by atoms with Crippen LogP contribution >= 0.6 is 0 Å². The second kappa shape index (κ2) is 10.3. The average molecular weight is 410 g/mol. The van der Waals surface area contributed by atoms with Gasteiger partial charge in [-0.2, -0.15) is 0 Å². The second-order valence-corrected chi connectivity index (χ2v) is 9.84. The molecule has 1 saturated heterocycles. The van der Waals surface area contributed by atoms with Gasteiger partial charge in [0.25, 0.3) is 0 Å². The Morgan fingerprint density at radius 2 is 1.71 bits per heavy atom. The number of piperidine rings is 1. The van der Waals surface area contributed by atoms with Crippen molar-refractivity contribution < 1.29 is 13.2 Å². The normalized spacial score (nSPS) is 16.1. The van der Waals surface area contributed by atoms with Crippen molar-refractivity contribution in [3.63, 3.8) is 0 Å². The van der Waals surface area contributed by atoms with E-state index in [1.807, 2.05) is 32.8 Å². The number of carbonyl (C=O) groups excluding carboxylic acids is 1. The zero-order valence-corrected chi connectivity index (χ0v) is 18.5. The van der Waals surface area contributed by atoms with Gasteiger partial charge in [0, 0.05) is 51.9 Å². The van der Waals surface area contributed by atoms with Gasteiger partial charge in [0.2, 0.25) is 15.9 Å². The lowest BCUT2D eigenvalue weighted by molar-refractivity contribution is -0.137. The lowest BCUT2D eigenvalue weighted by Gasteiger charge is -2.33. The number of unbranched alkanes of at least 4 members (excludes halogenated alkanes) is 1. The minimum Gasteiger partial charge on any atom is -0.378 e. The van der Waals surface area contributed by atoms with Gasteiger partial charge >= 0.3 is 0 Å². The standard InChI is InChI=1S/C21H35N3O3S/c1-5-7-16-28(26,27)24-14-12-19(13-15-24)21(25)23(6-2)17-18-8-10-20(11-9-18)22(3)4/h8-11,19H,5-7,12-17H2,1-4H3. The monoisotopic (exact) mass is 409 g/mol. The molecule has 0 spiro atoms. The number of nitrogens with zero attached hydrogens (tertiary/aromatic N) is 3. The van der Waals surface area contributed by atoms with Crippen LogP contribution < -0.4 is 4.90 Å². The topological polar surface area (TPSA) is 60.9 Å². The van der Waals surface area contributed by atoms with Gasteiger partial charge in [0.15, 0.2) is 0 Å². The fourth-order valence-electron chi connectivity index (χ4n) is 3.56. The summed E-state index contributed by atoms with van der Waals surface area (Å²) in [6, 6.07) is 8.25. The van der Waals surface area contributed by atoms with E-state index in [0.717, 1.165) is 17.7 Å². The molecule has 2 rings (SSSR count). The first-order valence-corrected chi connectivity index (χ1v) is 11.9. The van der Waals surface area contributed by atoms with Crippen molar-refractivity contribution in [3.8, 4) is 0 Å². The molecule has 0 unspecified atom stereocenters. The van der Waals surface area contributed by atoms with Gasteiger partial charge in [-0.3, -0.25) is 4.79 Å². The number of benzene rings is 1. The molecule has 0 aliphatic carbocycles. The maximum atomic E-state index is 13.0.